The Balaban J connectivity index is 3.62. The molecule has 3 N–H and O–H groups in total. The molecule has 3 atom stereocenters. The van der Waals surface area contributed by atoms with E-state index < -0.39 is 43.0 Å². The van der Waals surface area contributed by atoms with Gasteiger partial charge in [0.05, 0.1) is 4.75 Å². The van der Waals surface area contributed by atoms with E-state index in [0.717, 1.165) is 0 Å². The van der Waals surface area contributed by atoms with Gasteiger partial charge in [-0.25, -0.2) is 8.42 Å². The first-order chi connectivity index (χ1) is 10.9. The Morgan fingerprint density at radius 2 is 1.92 bits per heavy atom. The van der Waals surface area contributed by atoms with E-state index >= 15 is 0 Å². The molecule has 2 unspecified atom stereocenters. The molecule has 0 spiro atoms. The lowest BCUT2D eigenvalue weighted by molar-refractivity contribution is -0.139. The minimum absolute atomic E-state index is 0.158. The predicted octanol–water partition coefficient (Wildman–Crippen LogP) is 1.63. The quantitative estimate of drug-likeness (QED) is 0.700. The van der Waals surface area contributed by atoms with E-state index in [2.05, 4.69) is 0 Å². The zero-order chi connectivity index (χ0) is 18.8. The number of nitrogens with two attached hydrogens (primary N) is 1. The highest BCUT2D eigenvalue weighted by Gasteiger charge is 2.57. The molecule has 134 valence electrons. The molecule has 0 radical (unpaired) electrons. The van der Waals surface area contributed by atoms with Crippen LogP contribution in [0.3, 0.4) is 0 Å². The second-order valence-corrected chi connectivity index (χ2v) is 9.71. The van der Waals surface area contributed by atoms with Crippen LogP contribution >= 0.6 is 0 Å². The van der Waals surface area contributed by atoms with Crippen molar-refractivity contribution in [2.24, 2.45) is 11.7 Å². The van der Waals surface area contributed by atoms with Crippen LogP contribution in [-0.4, -0.2) is 40.8 Å². The Morgan fingerprint density at radius 3 is 2.38 bits per heavy atom. The second-order valence-electron chi connectivity index (χ2n) is 6.80. The van der Waals surface area contributed by atoms with Crippen molar-refractivity contribution in [3.8, 4) is 0 Å². The van der Waals surface area contributed by atoms with Crippen LogP contribution in [0.15, 0.2) is 36.5 Å². The van der Waals surface area contributed by atoms with Crippen LogP contribution in [0.4, 0.5) is 0 Å². The summed E-state index contributed by atoms with van der Waals surface area (Å²) in [4.78, 5) is 23.9. The third kappa shape index (κ3) is 3.37. The summed E-state index contributed by atoms with van der Waals surface area (Å²) in [6.45, 7) is 6.18. The van der Waals surface area contributed by atoms with Crippen molar-refractivity contribution in [2.45, 2.75) is 49.7 Å². The first kappa shape index (κ1) is 20.3. The van der Waals surface area contributed by atoms with Gasteiger partial charge in [0.1, 0.15) is 6.04 Å². The van der Waals surface area contributed by atoms with Gasteiger partial charge in [0.25, 0.3) is 0 Å². The summed E-state index contributed by atoms with van der Waals surface area (Å²) in [5.41, 5.74) is 5.61. The fourth-order valence-electron chi connectivity index (χ4n) is 2.77. The molecule has 0 aliphatic heterocycles. The zero-order valence-corrected chi connectivity index (χ0v) is 15.2. The normalized spacial score (nSPS) is 25.8. The standard InChI is InChI=1S/C17H25NO5S/c1-5-8-14(19)17(24(22,23)16(2,3)4)10-7-6-9-12(17)11-13(18)15(20)21/h5-10,12-13H,11,18H2,1-4H3,(H,20,21)/t12?,13-,17?/m0/s1. The van der Waals surface area contributed by atoms with Crippen LogP contribution in [0.1, 0.15) is 34.1 Å². The number of sulfone groups is 1. The van der Waals surface area contributed by atoms with Crippen molar-refractivity contribution in [2.75, 3.05) is 0 Å². The molecule has 0 saturated heterocycles. The summed E-state index contributed by atoms with van der Waals surface area (Å²) in [5.74, 6) is -2.69. The van der Waals surface area contributed by atoms with Gasteiger partial charge >= 0.3 is 5.97 Å². The largest absolute Gasteiger partial charge is 0.480 e. The van der Waals surface area contributed by atoms with Crippen LogP contribution in [0.2, 0.25) is 0 Å². The molecular formula is C17H25NO5S. The van der Waals surface area contributed by atoms with Crippen molar-refractivity contribution >= 4 is 21.6 Å². The molecule has 0 heterocycles. The van der Waals surface area contributed by atoms with E-state index in [1.807, 2.05) is 0 Å². The van der Waals surface area contributed by atoms with E-state index in [9.17, 15) is 18.0 Å². The number of allylic oxidation sites excluding steroid dienone is 5. The summed E-state index contributed by atoms with van der Waals surface area (Å²) >= 11 is 0. The minimum atomic E-state index is -3.99. The van der Waals surface area contributed by atoms with Gasteiger partial charge in [-0.1, -0.05) is 30.4 Å². The summed E-state index contributed by atoms with van der Waals surface area (Å²) in [7, 11) is -3.99. The Bertz CT molecular complexity index is 697. The second kappa shape index (κ2) is 7.03. The van der Waals surface area contributed by atoms with Gasteiger partial charge in [0, 0.05) is 5.92 Å². The molecule has 0 saturated carbocycles. The topological polar surface area (TPSA) is 115 Å². The van der Waals surface area contributed by atoms with Crippen LogP contribution in [0.25, 0.3) is 0 Å². The van der Waals surface area contributed by atoms with Crippen molar-refractivity contribution in [1.29, 1.82) is 0 Å². The van der Waals surface area contributed by atoms with Crippen LogP contribution in [-0.2, 0) is 19.4 Å². The number of rotatable bonds is 6. The Labute approximate surface area is 143 Å². The molecule has 0 aromatic carbocycles. The molecule has 0 fully saturated rings. The number of aliphatic carboxylic acids is 1. The predicted molar refractivity (Wildman–Crippen MR) is 93.2 cm³/mol. The van der Waals surface area contributed by atoms with Gasteiger partial charge in [-0.15, -0.1) is 0 Å². The fraction of sp³-hybridized carbons (Fsp3) is 0.529. The Morgan fingerprint density at radius 1 is 1.33 bits per heavy atom. The molecular weight excluding hydrogens is 330 g/mol. The lowest BCUT2D eigenvalue weighted by Crippen LogP contribution is -2.57. The monoisotopic (exact) mass is 355 g/mol. The summed E-state index contributed by atoms with van der Waals surface area (Å²) < 4.78 is 23.5. The van der Waals surface area contributed by atoms with Gasteiger partial charge in [-0.05, 0) is 40.2 Å². The Kier molecular flexibility index (Phi) is 5.95. The van der Waals surface area contributed by atoms with E-state index in [-0.39, 0.29) is 6.42 Å². The maximum absolute atomic E-state index is 13.3. The number of carboxylic acid groups (broad SMARTS) is 1. The van der Waals surface area contributed by atoms with Gasteiger partial charge in [-0.2, -0.15) is 0 Å². The van der Waals surface area contributed by atoms with E-state index in [0.29, 0.717) is 0 Å². The number of carbonyl (C=O) groups excluding carboxylic acids is 1. The van der Waals surface area contributed by atoms with E-state index in [1.54, 1.807) is 19.1 Å². The fourth-order valence-corrected chi connectivity index (χ4v) is 4.94. The molecule has 24 heavy (non-hydrogen) atoms. The summed E-state index contributed by atoms with van der Waals surface area (Å²) in [5, 5.41) is 9.07. The number of hydrogen-bond donors (Lipinski definition) is 2. The van der Waals surface area contributed by atoms with Crippen molar-refractivity contribution < 1.29 is 23.1 Å². The van der Waals surface area contributed by atoms with Gasteiger partial charge in [-0.3, -0.25) is 9.59 Å². The molecule has 0 aromatic rings. The Hall–Kier alpha value is -1.73. The molecule has 1 aliphatic rings. The SMILES string of the molecule is CC=CC(=O)C1(S(=O)(=O)C(C)(C)C)C=CC=CC1C[C@H](N)C(=O)O. The van der Waals surface area contributed by atoms with Gasteiger partial charge in [0.15, 0.2) is 20.4 Å². The first-order valence-electron chi connectivity index (χ1n) is 7.67. The molecule has 0 aromatic heterocycles. The van der Waals surface area contributed by atoms with Crippen molar-refractivity contribution in [3.63, 3.8) is 0 Å². The van der Waals surface area contributed by atoms with Crippen LogP contribution in [0, 0.1) is 5.92 Å². The first-order valence-corrected chi connectivity index (χ1v) is 9.16. The van der Waals surface area contributed by atoms with Crippen LogP contribution in [0.5, 0.6) is 0 Å². The zero-order valence-electron chi connectivity index (χ0n) is 14.4. The summed E-state index contributed by atoms with van der Waals surface area (Å²) in [6.07, 6.45) is 8.55. The van der Waals surface area contributed by atoms with Gasteiger partial charge < -0.3 is 10.8 Å². The third-order valence-electron chi connectivity index (χ3n) is 4.13. The summed E-state index contributed by atoms with van der Waals surface area (Å²) in [6, 6.07) is -1.26. The lowest BCUT2D eigenvalue weighted by atomic mass is 9.80. The number of carboxylic acids is 1. The number of ketones is 1. The minimum Gasteiger partial charge on any atom is -0.480 e. The highest BCUT2D eigenvalue weighted by atomic mass is 32.2. The molecule has 0 amide bonds. The van der Waals surface area contributed by atoms with Gasteiger partial charge in [0.2, 0.25) is 0 Å². The van der Waals surface area contributed by atoms with Crippen LogP contribution < -0.4 is 5.73 Å². The highest BCUT2D eigenvalue weighted by Crippen LogP contribution is 2.42. The third-order valence-corrected chi connectivity index (χ3v) is 7.27. The molecule has 0 bridgehead atoms. The molecule has 1 rings (SSSR count). The van der Waals surface area contributed by atoms with E-state index in [1.165, 1.54) is 45.1 Å². The smallest absolute Gasteiger partial charge is 0.320 e. The highest BCUT2D eigenvalue weighted by molar-refractivity contribution is 7.95. The molecule has 6 nitrogen and oxygen atoms in total. The lowest BCUT2D eigenvalue weighted by Gasteiger charge is -2.41. The maximum atomic E-state index is 13.3. The van der Waals surface area contributed by atoms with E-state index in [4.69, 9.17) is 10.8 Å². The van der Waals surface area contributed by atoms with Crippen molar-refractivity contribution in [1.82, 2.24) is 0 Å². The average Bonchev–Trinajstić information content (AvgIpc) is 2.46. The number of carbonyl (C=O) groups is 2. The average molecular weight is 355 g/mol. The number of hydrogen-bond acceptors (Lipinski definition) is 5. The molecule has 7 heteroatoms. The molecule has 1 aliphatic carbocycles. The van der Waals surface area contributed by atoms with Crippen molar-refractivity contribution in [3.05, 3.63) is 36.5 Å². The maximum Gasteiger partial charge on any atom is 0.320 e.